The lowest BCUT2D eigenvalue weighted by atomic mass is 10.1. The molecule has 0 unspecified atom stereocenters. The molecule has 0 saturated heterocycles. The fraction of sp³-hybridized carbons (Fsp3) is 0.0909. The van der Waals surface area contributed by atoms with Crippen LogP contribution in [0.2, 0.25) is 0 Å². The van der Waals surface area contributed by atoms with Crippen molar-refractivity contribution in [2.75, 3.05) is 10.0 Å². The van der Waals surface area contributed by atoms with Gasteiger partial charge in [-0.25, -0.2) is 17.2 Å². The van der Waals surface area contributed by atoms with Crippen LogP contribution in [-0.4, -0.2) is 31.4 Å². The summed E-state index contributed by atoms with van der Waals surface area (Å²) in [7, 11) is -4.54. The van der Waals surface area contributed by atoms with Crippen LogP contribution in [0.1, 0.15) is 15.9 Å². The highest BCUT2D eigenvalue weighted by Crippen LogP contribution is 2.24. The van der Waals surface area contributed by atoms with Crippen molar-refractivity contribution in [2.24, 2.45) is 5.73 Å². The van der Waals surface area contributed by atoms with E-state index in [0.29, 0.717) is 23.4 Å². The topological polar surface area (TPSA) is 139 Å². The van der Waals surface area contributed by atoms with Gasteiger partial charge in [0, 0.05) is 5.69 Å². The Kier molecular flexibility index (Phi) is 7.04. The zero-order chi connectivity index (χ0) is 24.2. The molecule has 3 rings (SSSR count). The van der Waals surface area contributed by atoms with Crippen molar-refractivity contribution in [3.05, 3.63) is 89.5 Å². The second kappa shape index (κ2) is 9.76. The van der Waals surface area contributed by atoms with Crippen molar-refractivity contribution in [2.45, 2.75) is 17.4 Å². The SMILES string of the molecule is N[C@@H](Cc1cccc(NC(=O)c2ccccc2NS(=O)(=O)c2cc(F)ccc2F)c1)C(=O)O. The normalized spacial score (nSPS) is 12.1. The van der Waals surface area contributed by atoms with Crippen molar-refractivity contribution >= 4 is 33.3 Å². The number of nitrogens with one attached hydrogen (secondary N) is 2. The predicted octanol–water partition coefficient (Wildman–Crippen LogP) is 2.97. The minimum Gasteiger partial charge on any atom is -0.480 e. The third-order valence-corrected chi connectivity index (χ3v) is 5.94. The van der Waals surface area contributed by atoms with Crippen LogP contribution < -0.4 is 15.8 Å². The molecule has 1 amide bonds. The third-order valence-electron chi connectivity index (χ3n) is 4.56. The lowest BCUT2D eigenvalue weighted by Crippen LogP contribution is -2.32. The quantitative estimate of drug-likeness (QED) is 0.395. The van der Waals surface area contributed by atoms with Crippen molar-refractivity contribution < 1.29 is 31.9 Å². The van der Waals surface area contributed by atoms with E-state index < -0.39 is 44.5 Å². The van der Waals surface area contributed by atoms with E-state index in [4.69, 9.17) is 10.8 Å². The minimum atomic E-state index is -4.54. The first-order valence-corrected chi connectivity index (χ1v) is 11.0. The van der Waals surface area contributed by atoms with E-state index in [2.05, 4.69) is 10.0 Å². The number of halogens is 2. The molecule has 172 valence electrons. The molecule has 1 atom stereocenters. The minimum absolute atomic E-state index is 0.0363. The van der Waals surface area contributed by atoms with Gasteiger partial charge in [-0.3, -0.25) is 14.3 Å². The highest BCUT2D eigenvalue weighted by molar-refractivity contribution is 7.92. The summed E-state index contributed by atoms with van der Waals surface area (Å²) in [6.07, 6.45) is 0.0363. The van der Waals surface area contributed by atoms with Gasteiger partial charge in [0.1, 0.15) is 22.6 Å². The fourth-order valence-corrected chi connectivity index (χ4v) is 4.14. The molecular formula is C22H19F2N3O5S. The van der Waals surface area contributed by atoms with Gasteiger partial charge < -0.3 is 16.2 Å². The molecule has 0 fully saturated rings. The van der Waals surface area contributed by atoms with E-state index in [9.17, 15) is 26.8 Å². The zero-order valence-electron chi connectivity index (χ0n) is 17.0. The summed E-state index contributed by atoms with van der Waals surface area (Å²) < 4.78 is 54.8. The second-order valence-corrected chi connectivity index (χ2v) is 8.68. The molecule has 0 aliphatic rings. The number of sulfonamides is 1. The van der Waals surface area contributed by atoms with Gasteiger partial charge in [-0.15, -0.1) is 0 Å². The Morgan fingerprint density at radius 1 is 1.00 bits per heavy atom. The highest BCUT2D eigenvalue weighted by atomic mass is 32.2. The largest absolute Gasteiger partial charge is 0.480 e. The van der Waals surface area contributed by atoms with Crippen LogP contribution in [0, 0.1) is 11.6 Å². The lowest BCUT2D eigenvalue weighted by Gasteiger charge is -2.14. The number of carbonyl (C=O) groups excluding carboxylic acids is 1. The highest BCUT2D eigenvalue weighted by Gasteiger charge is 2.23. The maximum atomic E-state index is 14.0. The standard InChI is InChI=1S/C22H19F2N3O5S/c23-14-8-9-17(24)20(12-14)33(31,32)27-19-7-2-1-6-16(19)21(28)26-15-5-3-4-13(10-15)11-18(25)22(29)30/h1-10,12,18,27H,11,25H2,(H,26,28)(H,29,30)/t18-/m0/s1. The van der Waals surface area contributed by atoms with E-state index in [1.54, 1.807) is 18.2 Å². The number of rotatable bonds is 8. The van der Waals surface area contributed by atoms with Crippen molar-refractivity contribution in [3.8, 4) is 0 Å². The number of nitrogens with two attached hydrogens (primary N) is 1. The van der Waals surface area contributed by atoms with Gasteiger partial charge in [0.25, 0.3) is 15.9 Å². The second-order valence-electron chi connectivity index (χ2n) is 7.03. The fourth-order valence-electron chi connectivity index (χ4n) is 2.97. The third kappa shape index (κ3) is 5.90. The maximum Gasteiger partial charge on any atom is 0.320 e. The van der Waals surface area contributed by atoms with Crippen LogP contribution in [-0.2, 0) is 21.2 Å². The Morgan fingerprint density at radius 2 is 1.73 bits per heavy atom. The molecule has 0 radical (unpaired) electrons. The van der Waals surface area contributed by atoms with E-state index in [1.807, 2.05) is 0 Å². The predicted molar refractivity (Wildman–Crippen MR) is 117 cm³/mol. The van der Waals surface area contributed by atoms with Gasteiger partial charge in [-0.2, -0.15) is 0 Å². The van der Waals surface area contributed by atoms with Crippen LogP contribution in [0.15, 0.2) is 71.6 Å². The van der Waals surface area contributed by atoms with E-state index in [-0.39, 0.29) is 17.7 Å². The number of para-hydroxylation sites is 1. The Labute approximate surface area is 188 Å². The molecule has 3 aromatic rings. The zero-order valence-corrected chi connectivity index (χ0v) is 17.8. The average Bonchev–Trinajstić information content (AvgIpc) is 2.75. The van der Waals surface area contributed by atoms with Gasteiger partial charge in [-0.05, 0) is 54.4 Å². The van der Waals surface area contributed by atoms with E-state index in [0.717, 1.165) is 6.07 Å². The molecule has 8 nitrogen and oxygen atoms in total. The molecule has 0 spiro atoms. The molecule has 5 N–H and O–H groups in total. The first-order chi connectivity index (χ1) is 15.6. The number of carboxylic acid groups (broad SMARTS) is 1. The van der Waals surface area contributed by atoms with E-state index in [1.165, 1.54) is 30.3 Å². The van der Waals surface area contributed by atoms with Crippen LogP contribution in [0.3, 0.4) is 0 Å². The number of hydrogen-bond donors (Lipinski definition) is 4. The van der Waals surface area contributed by atoms with Crippen LogP contribution >= 0.6 is 0 Å². The molecule has 0 aromatic heterocycles. The first kappa shape index (κ1) is 23.8. The van der Waals surface area contributed by atoms with Gasteiger partial charge >= 0.3 is 5.97 Å². The van der Waals surface area contributed by atoms with Crippen LogP contribution in [0.5, 0.6) is 0 Å². The van der Waals surface area contributed by atoms with Gasteiger partial charge in [-0.1, -0.05) is 24.3 Å². The average molecular weight is 475 g/mol. The van der Waals surface area contributed by atoms with Crippen molar-refractivity contribution in [3.63, 3.8) is 0 Å². The van der Waals surface area contributed by atoms with Crippen LogP contribution in [0.25, 0.3) is 0 Å². The van der Waals surface area contributed by atoms with Crippen LogP contribution in [0.4, 0.5) is 20.2 Å². The summed E-state index contributed by atoms with van der Waals surface area (Å²) in [5.74, 6) is -3.94. The molecule has 0 heterocycles. The Hall–Kier alpha value is -3.83. The summed E-state index contributed by atoms with van der Waals surface area (Å²) in [6, 6.07) is 12.8. The summed E-state index contributed by atoms with van der Waals surface area (Å²) in [4.78, 5) is 22.9. The molecule has 0 aliphatic carbocycles. The molecule has 33 heavy (non-hydrogen) atoms. The number of anilines is 2. The Balaban J connectivity index is 1.84. The first-order valence-electron chi connectivity index (χ1n) is 9.52. The molecule has 11 heteroatoms. The monoisotopic (exact) mass is 475 g/mol. The molecule has 0 bridgehead atoms. The summed E-state index contributed by atoms with van der Waals surface area (Å²) in [5, 5.41) is 11.5. The molecule has 0 saturated carbocycles. The Morgan fingerprint density at radius 3 is 2.45 bits per heavy atom. The van der Waals surface area contributed by atoms with Gasteiger partial charge in [0.05, 0.1) is 11.3 Å². The van der Waals surface area contributed by atoms with Gasteiger partial charge in [0.2, 0.25) is 0 Å². The number of amides is 1. The molecular weight excluding hydrogens is 456 g/mol. The van der Waals surface area contributed by atoms with Crippen molar-refractivity contribution in [1.82, 2.24) is 0 Å². The number of aliphatic carboxylic acids is 1. The number of benzene rings is 3. The summed E-state index contributed by atoms with van der Waals surface area (Å²) in [6.45, 7) is 0. The number of carboxylic acids is 1. The smallest absolute Gasteiger partial charge is 0.320 e. The van der Waals surface area contributed by atoms with E-state index >= 15 is 0 Å². The summed E-state index contributed by atoms with van der Waals surface area (Å²) >= 11 is 0. The molecule has 3 aromatic carbocycles. The lowest BCUT2D eigenvalue weighted by molar-refractivity contribution is -0.138. The molecule has 0 aliphatic heterocycles. The Bertz CT molecular complexity index is 1310. The summed E-state index contributed by atoms with van der Waals surface area (Å²) in [5.41, 5.74) is 6.20. The maximum absolute atomic E-state index is 14.0. The number of hydrogen-bond acceptors (Lipinski definition) is 5. The number of carbonyl (C=O) groups is 2. The van der Waals surface area contributed by atoms with Crippen molar-refractivity contribution in [1.29, 1.82) is 0 Å². The van der Waals surface area contributed by atoms with Gasteiger partial charge in [0.15, 0.2) is 0 Å².